The first-order valence-electron chi connectivity index (χ1n) is 6.56. The van der Waals surface area contributed by atoms with Crippen molar-refractivity contribution in [2.24, 2.45) is 0 Å². The van der Waals surface area contributed by atoms with Crippen molar-refractivity contribution in [3.8, 4) is 11.1 Å². The van der Waals surface area contributed by atoms with E-state index >= 15 is 0 Å². The van der Waals surface area contributed by atoms with E-state index in [-0.39, 0.29) is 11.6 Å². The van der Waals surface area contributed by atoms with Crippen molar-refractivity contribution in [2.75, 3.05) is 0 Å². The summed E-state index contributed by atoms with van der Waals surface area (Å²) in [5.74, 6) is -3.86. The summed E-state index contributed by atoms with van der Waals surface area (Å²) in [5, 5.41) is 3.70. The van der Waals surface area contributed by atoms with Crippen molar-refractivity contribution < 1.29 is 13.2 Å². The van der Waals surface area contributed by atoms with Crippen molar-refractivity contribution in [2.45, 2.75) is 26.4 Å². The first kappa shape index (κ1) is 15.9. The van der Waals surface area contributed by atoms with Crippen molar-refractivity contribution in [1.82, 2.24) is 5.32 Å². The second-order valence-corrected chi connectivity index (χ2v) is 5.50. The molecule has 1 N–H and O–H groups in total. The van der Waals surface area contributed by atoms with Crippen LogP contribution in [-0.4, -0.2) is 6.04 Å². The lowest BCUT2D eigenvalue weighted by Crippen LogP contribution is -2.22. The smallest absolute Gasteiger partial charge is 0.195 e. The van der Waals surface area contributed by atoms with Gasteiger partial charge in [-0.15, -0.1) is 0 Å². The molecule has 0 atom stereocenters. The number of benzene rings is 2. The lowest BCUT2D eigenvalue weighted by molar-refractivity contribution is 0.449. The summed E-state index contributed by atoms with van der Waals surface area (Å²) in [6.45, 7) is 4.40. The van der Waals surface area contributed by atoms with Gasteiger partial charge in [0.05, 0.1) is 0 Å². The molecule has 112 valence electrons. The van der Waals surface area contributed by atoms with Crippen LogP contribution in [0, 0.1) is 17.5 Å². The fourth-order valence-corrected chi connectivity index (χ4v) is 2.21. The molecule has 5 heteroatoms. The number of hydrogen-bond donors (Lipinski definition) is 1. The summed E-state index contributed by atoms with van der Waals surface area (Å²) in [6, 6.07) is 7.27. The lowest BCUT2D eigenvalue weighted by Gasteiger charge is -2.14. The predicted molar refractivity (Wildman–Crippen MR) is 78.7 cm³/mol. The van der Waals surface area contributed by atoms with Gasteiger partial charge >= 0.3 is 0 Å². The van der Waals surface area contributed by atoms with E-state index in [1.54, 1.807) is 18.2 Å². The van der Waals surface area contributed by atoms with Crippen LogP contribution in [0.15, 0.2) is 30.3 Å². The molecule has 21 heavy (non-hydrogen) atoms. The van der Waals surface area contributed by atoms with Crippen LogP contribution >= 0.6 is 11.6 Å². The number of rotatable bonds is 4. The molecule has 0 saturated heterocycles. The van der Waals surface area contributed by atoms with Crippen LogP contribution in [0.2, 0.25) is 5.02 Å². The average Bonchev–Trinajstić information content (AvgIpc) is 2.44. The maximum Gasteiger partial charge on any atom is 0.195 e. The Hall–Kier alpha value is -1.52. The van der Waals surface area contributed by atoms with Gasteiger partial charge in [0, 0.05) is 23.2 Å². The Morgan fingerprint density at radius 2 is 1.67 bits per heavy atom. The van der Waals surface area contributed by atoms with Crippen LogP contribution in [-0.2, 0) is 6.54 Å². The van der Waals surface area contributed by atoms with Gasteiger partial charge in [0.2, 0.25) is 0 Å². The van der Waals surface area contributed by atoms with E-state index in [0.717, 1.165) is 11.6 Å². The van der Waals surface area contributed by atoms with Crippen molar-refractivity contribution in [1.29, 1.82) is 0 Å². The highest BCUT2D eigenvalue weighted by atomic mass is 35.5. The molecule has 0 heterocycles. The molecule has 0 bridgehead atoms. The highest BCUT2D eigenvalue weighted by Gasteiger charge is 2.17. The zero-order chi connectivity index (χ0) is 15.6. The Morgan fingerprint density at radius 3 is 2.33 bits per heavy atom. The third-order valence-corrected chi connectivity index (χ3v) is 3.33. The number of hydrogen-bond acceptors (Lipinski definition) is 1. The van der Waals surface area contributed by atoms with E-state index in [4.69, 9.17) is 11.6 Å². The zero-order valence-corrected chi connectivity index (χ0v) is 12.4. The maximum absolute atomic E-state index is 14.0. The van der Waals surface area contributed by atoms with E-state index in [1.807, 2.05) is 13.8 Å². The minimum atomic E-state index is -1.47. The molecule has 0 aliphatic rings. The van der Waals surface area contributed by atoms with Crippen molar-refractivity contribution in [3.63, 3.8) is 0 Å². The van der Waals surface area contributed by atoms with Crippen LogP contribution in [0.3, 0.4) is 0 Å². The van der Waals surface area contributed by atoms with E-state index in [1.165, 1.54) is 6.07 Å². The molecule has 2 aromatic rings. The van der Waals surface area contributed by atoms with Gasteiger partial charge < -0.3 is 5.32 Å². The third-order valence-electron chi connectivity index (χ3n) is 3.09. The van der Waals surface area contributed by atoms with E-state index in [0.29, 0.717) is 17.1 Å². The molecule has 2 aromatic carbocycles. The van der Waals surface area contributed by atoms with Gasteiger partial charge in [0.15, 0.2) is 17.5 Å². The molecular weight excluding hydrogens is 299 g/mol. The fraction of sp³-hybridized carbons (Fsp3) is 0.250. The summed E-state index contributed by atoms with van der Waals surface area (Å²) in [5.41, 5.74) is 1.23. The topological polar surface area (TPSA) is 12.0 Å². The van der Waals surface area contributed by atoms with Crippen molar-refractivity contribution in [3.05, 3.63) is 58.4 Å². The number of nitrogens with one attached hydrogen (secondary N) is 1. The highest BCUT2D eigenvalue weighted by Crippen LogP contribution is 2.30. The van der Waals surface area contributed by atoms with Gasteiger partial charge in [0.25, 0.3) is 0 Å². The molecule has 0 unspecified atom stereocenters. The first-order chi connectivity index (χ1) is 9.90. The average molecular weight is 314 g/mol. The SMILES string of the molecule is CC(C)NCc1cc(Cl)ccc1-c1ccc(F)c(F)c1F. The van der Waals surface area contributed by atoms with E-state index in [2.05, 4.69) is 5.32 Å². The second-order valence-electron chi connectivity index (χ2n) is 5.06. The molecule has 0 aliphatic heterocycles. The Labute approximate surface area is 126 Å². The lowest BCUT2D eigenvalue weighted by atomic mass is 9.98. The van der Waals surface area contributed by atoms with E-state index in [9.17, 15) is 13.2 Å². The summed E-state index contributed by atoms with van der Waals surface area (Å²) < 4.78 is 40.4. The molecule has 0 aliphatic carbocycles. The van der Waals surface area contributed by atoms with Crippen LogP contribution in [0.25, 0.3) is 11.1 Å². The van der Waals surface area contributed by atoms with Crippen LogP contribution in [0.5, 0.6) is 0 Å². The molecule has 0 spiro atoms. The summed E-state index contributed by atoms with van der Waals surface area (Å²) in [7, 11) is 0. The maximum atomic E-state index is 14.0. The number of halogens is 4. The second kappa shape index (κ2) is 6.50. The third kappa shape index (κ3) is 3.57. The largest absolute Gasteiger partial charge is 0.310 e. The Morgan fingerprint density at radius 1 is 1.00 bits per heavy atom. The van der Waals surface area contributed by atoms with Gasteiger partial charge in [0.1, 0.15) is 0 Å². The molecule has 0 saturated carbocycles. The van der Waals surface area contributed by atoms with Gasteiger partial charge in [-0.05, 0) is 35.4 Å². The standard InChI is InChI=1S/C16H15ClF3N/c1-9(2)21-8-10-7-11(17)3-4-12(10)13-5-6-14(18)16(20)15(13)19/h3-7,9,21H,8H2,1-2H3. The summed E-state index contributed by atoms with van der Waals surface area (Å²) >= 11 is 5.96. The predicted octanol–water partition coefficient (Wildman–Crippen LogP) is 4.92. The Kier molecular flexibility index (Phi) is 4.91. The molecule has 0 fully saturated rings. The van der Waals surface area contributed by atoms with Crippen LogP contribution in [0.4, 0.5) is 13.2 Å². The molecule has 0 amide bonds. The minimum absolute atomic E-state index is 0.0196. The quantitative estimate of drug-likeness (QED) is 0.790. The van der Waals surface area contributed by atoms with Crippen molar-refractivity contribution >= 4 is 11.6 Å². The zero-order valence-electron chi connectivity index (χ0n) is 11.7. The van der Waals surface area contributed by atoms with E-state index < -0.39 is 17.5 Å². The van der Waals surface area contributed by atoms with Gasteiger partial charge in [-0.1, -0.05) is 31.5 Å². The first-order valence-corrected chi connectivity index (χ1v) is 6.93. The van der Waals surface area contributed by atoms with Gasteiger partial charge in [-0.25, -0.2) is 13.2 Å². The molecule has 2 rings (SSSR count). The monoisotopic (exact) mass is 313 g/mol. The molecule has 0 radical (unpaired) electrons. The van der Waals surface area contributed by atoms with Gasteiger partial charge in [-0.2, -0.15) is 0 Å². The Bertz CT molecular complexity index is 656. The molecule has 1 nitrogen and oxygen atoms in total. The molecule has 0 aromatic heterocycles. The fourth-order valence-electron chi connectivity index (χ4n) is 2.02. The summed E-state index contributed by atoms with van der Waals surface area (Å²) in [6.07, 6.45) is 0. The summed E-state index contributed by atoms with van der Waals surface area (Å²) in [4.78, 5) is 0. The normalized spacial score (nSPS) is 11.2. The van der Waals surface area contributed by atoms with Crippen LogP contribution < -0.4 is 5.32 Å². The van der Waals surface area contributed by atoms with Crippen LogP contribution in [0.1, 0.15) is 19.4 Å². The molecular formula is C16H15ClF3N. The highest BCUT2D eigenvalue weighted by molar-refractivity contribution is 6.30. The minimum Gasteiger partial charge on any atom is -0.310 e. The Balaban J connectivity index is 2.51. The van der Waals surface area contributed by atoms with Gasteiger partial charge in [-0.3, -0.25) is 0 Å².